The maximum absolute atomic E-state index is 13.4. The highest BCUT2D eigenvalue weighted by Gasteiger charge is 2.29. The van der Waals surface area contributed by atoms with Gasteiger partial charge in [-0.15, -0.1) is 0 Å². The van der Waals surface area contributed by atoms with Crippen molar-refractivity contribution >= 4 is 11.9 Å². The topological polar surface area (TPSA) is 58.6 Å². The number of hydrogen-bond donors (Lipinski definition) is 1. The average molecular weight is 294 g/mol. The van der Waals surface area contributed by atoms with E-state index in [0.717, 1.165) is 0 Å². The van der Waals surface area contributed by atoms with Crippen LogP contribution in [0, 0.1) is 11.7 Å². The lowest BCUT2D eigenvalue weighted by Crippen LogP contribution is -2.36. The smallest absolute Gasteiger partial charge is 0.310 e. The summed E-state index contributed by atoms with van der Waals surface area (Å²) in [5.74, 6) is -0.896. The standard InChI is InChI=1S/C15H19FN2O3/c1-21-15(20)12-6-7-18(9-12)10-14(19)17-8-11-4-2-3-5-13(11)16/h2-5,12H,6-10H2,1H3,(H,17,19). The summed E-state index contributed by atoms with van der Waals surface area (Å²) in [6, 6.07) is 6.34. The van der Waals surface area contributed by atoms with Crippen molar-refractivity contribution in [3.63, 3.8) is 0 Å². The molecule has 114 valence electrons. The summed E-state index contributed by atoms with van der Waals surface area (Å²) in [6.45, 7) is 1.59. The Balaban J connectivity index is 1.76. The van der Waals surface area contributed by atoms with Gasteiger partial charge in [-0.25, -0.2) is 4.39 Å². The van der Waals surface area contributed by atoms with Crippen LogP contribution in [0.4, 0.5) is 4.39 Å². The zero-order valence-corrected chi connectivity index (χ0v) is 12.0. The van der Waals surface area contributed by atoms with Crippen molar-refractivity contribution in [1.82, 2.24) is 10.2 Å². The molecule has 1 atom stereocenters. The average Bonchev–Trinajstić information content (AvgIpc) is 2.94. The van der Waals surface area contributed by atoms with E-state index < -0.39 is 0 Å². The number of hydrogen-bond acceptors (Lipinski definition) is 4. The molecule has 1 saturated heterocycles. The molecule has 0 bridgehead atoms. The van der Waals surface area contributed by atoms with Crippen molar-refractivity contribution in [2.24, 2.45) is 5.92 Å². The van der Waals surface area contributed by atoms with Gasteiger partial charge in [-0.3, -0.25) is 14.5 Å². The number of likely N-dealkylation sites (tertiary alicyclic amines) is 1. The van der Waals surface area contributed by atoms with Gasteiger partial charge in [-0.05, 0) is 19.0 Å². The molecule has 2 rings (SSSR count). The minimum Gasteiger partial charge on any atom is -0.469 e. The van der Waals surface area contributed by atoms with Crippen molar-refractivity contribution in [2.75, 3.05) is 26.7 Å². The van der Waals surface area contributed by atoms with E-state index >= 15 is 0 Å². The van der Waals surface area contributed by atoms with E-state index in [9.17, 15) is 14.0 Å². The van der Waals surface area contributed by atoms with E-state index in [1.165, 1.54) is 13.2 Å². The highest BCUT2D eigenvalue weighted by molar-refractivity contribution is 5.78. The van der Waals surface area contributed by atoms with Crippen LogP contribution in [0.15, 0.2) is 24.3 Å². The van der Waals surface area contributed by atoms with Crippen LogP contribution in [-0.4, -0.2) is 43.5 Å². The Morgan fingerprint density at radius 3 is 2.90 bits per heavy atom. The molecule has 0 spiro atoms. The summed E-state index contributed by atoms with van der Waals surface area (Å²) < 4.78 is 18.1. The minimum absolute atomic E-state index is 0.158. The molecule has 1 unspecified atom stereocenters. The predicted molar refractivity (Wildman–Crippen MR) is 74.8 cm³/mol. The normalized spacial score (nSPS) is 18.5. The van der Waals surface area contributed by atoms with Gasteiger partial charge in [0.25, 0.3) is 0 Å². The van der Waals surface area contributed by atoms with Crippen molar-refractivity contribution in [2.45, 2.75) is 13.0 Å². The zero-order chi connectivity index (χ0) is 15.2. The summed E-state index contributed by atoms with van der Waals surface area (Å²) in [6.07, 6.45) is 0.702. The van der Waals surface area contributed by atoms with Crippen LogP contribution >= 0.6 is 0 Å². The molecule has 1 N–H and O–H groups in total. The van der Waals surface area contributed by atoms with Crippen LogP contribution < -0.4 is 5.32 Å². The third-order valence-electron chi connectivity index (χ3n) is 3.61. The Morgan fingerprint density at radius 2 is 2.19 bits per heavy atom. The number of esters is 1. The number of amides is 1. The summed E-state index contributed by atoms with van der Waals surface area (Å²) in [5.41, 5.74) is 0.458. The molecule has 1 aromatic rings. The zero-order valence-electron chi connectivity index (χ0n) is 12.0. The van der Waals surface area contributed by atoms with Crippen molar-refractivity contribution < 1.29 is 18.7 Å². The Hall–Kier alpha value is -1.95. The maximum Gasteiger partial charge on any atom is 0.310 e. The van der Waals surface area contributed by atoms with E-state index in [-0.39, 0.29) is 36.7 Å². The summed E-state index contributed by atoms with van der Waals surface area (Å²) in [4.78, 5) is 25.1. The number of methoxy groups -OCH3 is 1. The van der Waals surface area contributed by atoms with Crippen LogP contribution in [0.25, 0.3) is 0 Å². The van der Waals surface area contributed by atoms with Gasteiger partial charge in [0.1, 0.15) is 5.82 Å². The lowest BCUT2D eigenvalue weighted by atomic mass is 10.1. The number of carbonyl (C=O) groups is 2. The summed E-state index contributed by atoms with van der Waals surface area (Å²) in [5, 5.41) is 2.69. The van der Waals surface area contributed by atoms with Gasteiger partial charge in [0.15, 0.2) is 0 Å². The Kier molecular flexibility index (Phi) is 5.27. The number of nitrogens with zero attached hydrogens (tertiary/aromatic N) is 1. The molecule has 1 aliphatic heterocycles. The number of rotatable bonds is 5. The Morgan fingerprint density at radius 1 is 1.43 bits per heavy atom. The van der Waals surface area contributed by atoms with Gasteiger partial charge in [0.05, 0.1) is 19.6 Å². The Labute approximate surface area is 123 Å². The number of carbonyl (C=O) groups excluding carboxylic acids is 2. The molecular formula is C15H19FN2O3. The fourth-order valence-electron chi connectivity index (χ4n) is 2.43. The van der Waals surface area contributed by atoms with Gasteiger partial charge in [0, 0.05) is 18.7 Å². The first kappa shape index (κ1) is 15.4. The van der Waals surface area contributed by atoms with E-state index in [1.807, 2.05) is 4.90 Å². The lowest BCUT2D eigenvalue weighted by Gasteiger charge is -2.15. The second-order valence-electron chi connectivity index (χ2n) is 5.11. The molecule has 0 saturated carbocycles. The van der Waals surface area contributed by atoms with E-state index in [0.29, 0.717) is 25.1 Å². The van der Waals surface area contributed by atoms with E-state index in [4.69, 9.17) is 4.74 Å². The molecule has 21 heavy (non-hydrogen) atoms. The molecule has 1 amide bonds. The van der Waals surface area contributed by atoms with Crippen molar-refractivity contribution in [3.05, 3.63) is 35.6 Å². The monoisotopic (exact) mass is 294 g/mol. The first-order valence-electron chi connectivity index (χ1n) is 6.90. The quantitative estimate of drug-likeness (QED) is 0.821. The molecule has 0 radical (unpaired) electrons. The molecule has 1 fully saturated rings. The van der Waals surface area contributed by atoms with Gasteiger partial charge in [-0.1, -0.05) is 18.2 Å². The van der Waals surface area contributed by atoms with E-state index in [2.05, 4.69) is 5.32 Å². The highest BCUT2D eigenvalue weighted by Crippen LogP contribution is 2.16. The minimum atomic E-state index is -0.329. The number of benzene rings is 1. The van der Waals surface area contributed by atoms with E-state index in [1.54, 1.807) is 18.2 Å². The third-order valence-corrected chi connectivity index (χ3v) is 3.61. The molecular weight excluding hydrogens is 275 g/mol. The van der Waals surface area contributed by atoms with Crippen LogP contribution in [0.3, 0.4) is 0 Å². The molecule has 1 aromatic carbocycles. The maximum atomic E-state index is 13.4. The fraction of sp³-hybridized carbons (Fsp3) is 0.467. The third kappa shape index (κ3) is 4.26. The second-order valence-corrected chi connectivity index (χ2v) is 5.11. The predicted octanol–water partition coefficient (Wildman–Crippen LogP) is 0.937. The molecule has 1 aliphatic rings. The molecule has 0 aliphatic carbocycles. The highest BCUT2D eigenvalue weighted by atomic mass is 19.1. The van der Waals surface area contributed by atoms with Gasteiger partial charge < -0.3 is 10.1 Å². The Bertz CT molecular complexity index is 521. The fourth-order valence-corrected chi connectivity index (χ4v) is 2.43. The first-order valence-corrected chi connectivity index (χ1v) is 6.90. The summed E-state index contributed by atoms with van der Waals surface area (Å²) in [7, 11) is 1.37. The SMILES string of the molecule is COC(=O)C1CCN(CC(=O)NCc2ccccc2F)C1. The van der Waals surface area contributed by atoms with Crippen LogP contribution in [-0.2, 0) is 20.9 Å². The molecule has 5 nitrogen and oxygen atoms in total. The molecule has 6 heteroatoms. The van der Waals surface area contributed by atoms with Gasteiger partial charge >= 0.3 is 5.97 Å². The first-order chi connectivity index (χ1) is 10.1. The number of nitrogens with one attached hydrogen (secondary N) is 1. The van der Waals surface area contributed by atoms with Crippen LogP contribution in [0.1, 0.15) is 12.0 Å². The largest absolute Gasteiger partial charge is 0.469 e. The molecule has 1 heterocycles. The van der Waals surface area contributed by atoms with Gasteiger partial charge in [0.2, 0.25) is 5.91 Å². The lowest BCUT2D eigenvalue weighted by molar-refractivity contribution is -0.145. The molecule has 0 aromatic heterocycles. The van der Waals surface area contributed by atoms with Crippen LogP contribution in [0.5, 0.6) is 0 Å². The van der Waals surface area contributed by atoms with Crippen molar-refractivity contribution in [3.8, 4) is 0 Å². The van der Waals surface area contributed by atoms with Crippen molar-refractivity contribution in [1.29, 1.82) is 0 Å². The number of ether oxygens (including phenoxy) is 1. The van der Waals surface area contributed by atoms with Gasteiger partial charge in [-0.2, -0.15) is 0 Å². The van der Waals surface area contributed by atoms with Crippen LogP contribution in [0.2, 0.25) is 0 Å². The number of halogens is 1. The summed E-state index contributed by atoms with van der Waals surface area (Å²) >= 11 is 0. The second kappa shape index (κ2) is 7.17.